The van der Waals surface area contributed by atoms with E-state index in [1.807, 2.05) is 49.4 Å². The van der Waals surface area contributed by atoms with Crippen LogP contribution < -0.4 is 19.7 Å². The molecule has 3 rings (SSSR count). The molecule has 6 heteroatoms. The van der Waals surface area contributed by atoms with E-state index in [-0.39, 0.29) is 11.9 Å². The van der Waals surface area contributed by atoms with E-state index < -0.39 is 0 Å². The molecule has 0 bridgehead atoms. The molecule has 0 aliphatic carbocycles. The Morgan fingerprint density at radius 3 is 2.33 bits per heavy atom. The highest BCUT2D eigenvalue weighted by molar-refractivity contribution is 5.94. The maximum absolute atomic E-state index is 12.6. The summed E-state index contributed by atoms with van der Waals surface area (Å²) in [5.74, 6) is 1.20. The summed E-state index contributed by atoms with van der Waals surface area (Å²) in [6.45, 7) is 5.18. The van der Waals surface area contributed by atoms with E-state index in [1.165, 1.54) is 0 Å². The van der Waals surface area contributed by atoms with Crippen molar-refractivity contribution < 1.29 is 19.0 Å². The van der Waals surface area contributed by atoms with E-state index in [2.05, 4.69) is 10.2 Å². The number of amides is 1. The molecule has 0 saturated carbocycles. The fourth-order valence-corrected chi connectivity index (χ4v) is 3.13. The first-order valence-electron chi connectivity index (χ1n) is 9.08. The molecular weight excluding hydrogens is 344 g/mol. The van der Waals surface area contributed by atoms with Crippen molar-refractivity contribution in [2.24, 2.45) is 0 Å². The molecule has 6 nitrogen and oxygen atoms in total. The lowest BCUT2D eigenvalue weighted by Gasteiger charge is -2.28. The molecule has 1 fully saturated rings. The number of morpholine rings is 1. The van der Waals surface area contributed by atoms with E-state index in [1.54, 1.807) is 14.2 Å². The van der Waals surface area contributed by atoms with Crippen molar-refractivity contribution in [3.63, 3.8) is 0 Å². The van der Waals surface area contributed by atoms with Crippen molar-refractivity contribution in [1.82, 2.24) is 5.32 Å². The number of carbonyl (C=O) groups is 1. The zero-order valence-corrected chi connectivity index (χ0v) is 16.0. The number of carbonyl (C=O) groups excluding carboxylic acids is 1. The van der Waals surface area contributed by atoms with Crippen LogP contribution in [0.25, 0.3) is 0 Å². The minimum absolute atomic E-state index is 0.106. The van der Waals surface area contributed by atoms with Gasteiger partial charge in [-0.25, -0.2) is 0 Å². The number of benzene rings is 2. The molecule has 1 saturated heterocycles. The van der Waals surface area contributed by atoms with Crippen molar-refractivity contribution in [1.29, 1.82) is 0 Å². The quantitative estimate of drug-likeness (QED) is 0.847. The summed E-state index contributed by atoms with van der Waals surface area (Å²) in [5.41, 5.74) is 2.70. The number of hydrogen-bond donors (Lipinski definition) is 1. The second-order valence-electron chi connectivity index (χ2n) is 6.46. The van der Waals surface area contributed by atoms with Crippen LogP contribution in [-0.4, -0.2) is 46.4 Å². The molecular formula is C21H26N2O4. The van der Waals surface area contributed by atoms with E-state index in [9.17, 15) is 4.79 Å². The monoisotopic (exact) mass is 370 g/mol. The lowest BCUT2D eigenvalue weighted by atomic mass is 10.1. The highest BCUT2D eigenvalue weighted by atomic mass is 16.5. The molecule has 0 radical (unpaired) electrons. The van der Waals surface area contributed by atoms with E-state index >= 15 is 0 Å². The number of ether oxygens (including phenoxy) is 3. The molecule has 0 aromatic heterocycles. The normalized spacial score (nSPS) is 15.1. The largest absolute Gasteiger partial charge is 0.493 e. The van der Waals surface area contributed by atoms with Crippen molar-refractivity contribution in [3.05, 3.63) is 53.6 Å². The number of hydrogen-bond acceptors (Lipinski definition) is 5. The predicted molar refractivity (Wildman–Crippen MR) is 105 cm³/mol. The van der Waals surface area contributed by atoms with Crippen LogP contribution >= 0.6 is 0 Å². The SMILES string of the molecule is COc1ccc([C@@H](C)NC(=O)c2ccc(N3CCOCC3)cc2)cc1OC. The third-order valence-corrected chi connectivity index (χ3v) is 4.76. The molecule has 1 aliphatic heterocycles. The minimum Gasteiger partial charge on any atom is -0.493 e. The summed E-state index contributed by atoms with van der Waals surface area (Å²) in [5, 5.41) is 3.03. The molecule has 0 unspecified atom stereocenters. The Bertz CT molecular complexity index is 770. The van der Waals surface area contributed by atoms with Crippen LogP contribution in [0.4, 0.5) is 5.69 Å². The summed E-state index contributed by atoms with van der Waals surface area (Å²) in [6.07, 6.45) is 0. The standard InChI is InChI=1S/C21H26N2O4/c1-15(17-6-9-19(25-2)20(14-17)26-3)22-21(24)16-4-7-18(8-5-16)23-10-12-27-13-11-23/h4-9,14-15H,10-13H2,1-3H3,(H,22,24)/t15-/m1/s1. The summed E-state index contributed by atoms with van der Waals surface area (Å²) >= 11 is 0. The van der Waals surface area contributed by atoms with Gasteiger partial charge in [0.15, 0.2) is 11.5 Å². The smallest absolute Gasteiger partial charge is 0.251 e. The van der Waals surface area contributed by atoms with Crippen LogP contribution in [0, 0.1) is 0 Å². The molecule has 1 atom stereocenters. The topological polar surface area (TPSA) is 60.0 Å². The lowest BCUT2D eigenvalue weighted by molar-refractivity contribution is 0.0939. The highest BCUT2D eigenvalue weighted by Crippen LogP contribution is 2.30. The molecule has 1 amide bonds. The van der Waals surface area contributed by atoms with Gasteiger partial charge < -0.3 is 24.4 Å². The van der Waals surface area contributed by atoms with Gasteiger partial charge in [0.05, 0.1) is 33.5 Å². The van der Waals surface area contributed by atoms with Crippen molar-refractivity contribution in [2.45, 2.75) is 13.0 Å². The maximum Gasteiger partial charge on any atom is 0.251 e. The Labute approximate surface area is 160 Å². The van der Waals surface area contributed by atoms with Gasteiger partial charge in [0.2, 0.25) is 0 Å². The van der Waals surface area contributed by atoms with Crippen LogP contribution in [-0.2, 0) is 4.74 Å². The summed E-state index contributed by atoms with van der Waals surface area (Å²) in [4.78, 5) is 14.9. The highest BCUT2D eigenvalue weighted by Gasteiger charge is 2.15. The van der Waals surface area contributed by atoms with E-state index in [4.69, 9.17) is 14.2 Å². The van der Waals surface area contributed by atoms with Crippen LogP contribution in [0.2, 0.25) is 0 Å². The number of nitrogens with one attached hydrogen (secondary N) is 1. The second kappa shape index (κ2) is 8.77. The first-order valence-corrected chi connectivity index (χ1v) is 9.08. The molecule has 27 heavy (non-hydrogen) atoms. The fraction of sp³-hybridized carbons (Fsp3) is 0.381. The number of methoxy groups -OCH3 is 2. The predicted octanol–water partition coefficient (Wildman–Crippen LogP) is 3.03. The lowest BCUT2D eigenvalue weighted by Crippen LogP contribution is -2.36. The third-order valence-electron chi connectivity index (χ3n) is 4.76. The first kappa shape index (κ1) is 19.0. The van der Waals surface area contributed by atoms with Gasteiger partial charge >= 0.3 is 0 Å². The van der Waals surface area contributed by atoms with Gasteiger partial charge in [-0.15, -0.1) is 0 Å². The first-order chi connectivity index (χ1) is 13.1. The van der Waals surface area contributed by atoms with E-state index in [0.717, 1.165) is 37.6 Å². The third kappa shape index (κ3) is 4.52. The Morgan fingerprint density at radius 2 is 1.70 bits per heavy atom. The summed E-state index contributed by atoms with van der Waals surface area (Å²) in [6, 6.07) is 13.2. The number of nitrogens with zero attached hydrogens (tertiary/aromatic N) is 1. The number of rotatable bonds is 6. The molecule has 1 heterocycles. The van der Waals surface area contributed by atoms with Crippen LogP contribution in [0.3, 0.4) is 0 Å². The zero-order valence-electron chi connectivity index (χ0n) is 16.0. The Balaban J connectivity index is 1.65. The molecule has 2 aromatic carbocycles. The molecule has 0 spiro atoms. The molecule has 1 aliphatic rings. The van der Waals surface area contributed by atoms with Gasteiger partial charge in [0.25, 0.3) is 5.91 Å². The average molecular weight is 370 g/mol. The number of anilines is 1. The van der Waals surface area contributed by atoms with Gasteiger partial charge in [0.1, 0.15) is 0 Å². The van der Waals surface area contributed by atoms with E-state index in [0.29, 0.717) is 17.1 Å². The van der Waals surface area contributed by atoms with Crippen molar-refractivity contribution in [3.8, 4) is 11.5 Å². The van der Waals surface area contributed by atoms with Gasteiger partial charge in [-0.2, -0.15) is 0 Å². The van der Waals surface area contributed by atoms with Crippen LogP contribution in [0.5, 0.6) is 11.5 Å². The Kier molecular flexibility index (Phi) is 6.19. The van der Waals surface area contributed by atoms with Crippen LogP contribution in [0.1, 0.15) is 28.9 Å². The Hall–Kier alpha value is -2.73. The van der Waals surface area contributed by atoms with Crippen molar-refractivity contribution >= 4 is 11.6 Å². The van der Waals surface area contributed by atoms with Gasteiger partial charge in [0, 0.05) is 24.3 Å². The maximum atomic E-state index is 12.6. The second-order valence-corrected chi connectivity index (χ2v) is 6.46. The fourth-order valence-electron chi connectivity index (χ4n) is 3.13. The summed E-state index contributed by atoms with van der Waals surface area (Å²) in [7, 11) is 3.20. The molecule has 144 valence electrons. The average Bonchev–Trinajstić information content (AvgIpc) is 2.73. The Morgan fingerprint density at radius 1 is 1.04 bits per heavy atom. The van der Waals surface area contributed by atoms with Gasteiger partial charge in [-0.3, -0.25) is 4.79 Å². The van der Waals surface area contributed by atoms with Crippen molar-refractivity contribution in [2.75, 3.05) is 45.4 Å². The van der Waals surface area contributed by atoms with Crippen LogP contribution in [0.15, 0.2) is 42.5 Å². The minimum atomic E-state index is -0.156. The van der Waals surface area contributed by atoms with Gasteiger partial charge in [-0.1, -0.05) is 6.07 Å². The zero-order chi connectivity index (χ0) is 19.2. The molecule has 2 aromatic rings. The van der Waals surface area contributed by atoms with Gasteiger partial charge in [-0.05, 0) is 48.9 Å². The summed E-state index contributed by atoms with van der Waals surface area (Å²) < 4.78 is 16.0. The molecule has 1 N–H and O–H groups in total.